The van der Waals surface area contributed by atoms with Crippen LogP contribution < -0.4 is 5.73 Å². The van der Waals surface area contributed by atoms with Crippen LogP contribution in [0.3, 0.4) is 0 Å². The average molecular weight is 215 g/mol. The molecular weight excluding hydrogens is 190 g/mol. The summed E-state index contributed by atoms with van der Waals surface area (Å²) in [6.45, 7) is 7.91. The summed E-state index contributed by atoms with van der Waals surface area (Å²) in [4.78, 5) is 15.5. The molecule has 1 atom stereocenters. The number of likely N-dealkylation sites (N-methyl/N-ethyl adjacent to an activating group) is 2. The highest BCUT2D eigenvalue weighted by Crippen LogP contribution is 2.15. The van der Waals surface area contributed by atoms with Gasteiger partial charge in [-0.25, -0.2) is 0 Å². The molecule has 0 heterocycles. The van der Waals surface area contributed by atoms with Gasteiger partial charge in [0, 0.05) is 25.7 Å². The van der Waals surface area contributed by atoms with Crippen molar-refractivity contribution in [3.05, 3.63) is 0 Å². The molecule has 15 heavy (non-hydrogen) atoms. The van der Waals surface area contributed by atoms with Crippen LogP contribution in [0.5, 0.6) is 0 Å². The van der Waals surface area contributed by atoms with Gasteiger partial charge in [-0.2, -0.15) is 0 Å². The van der Waals surface area contributed by atoms with Crippen LogP contribution >= 0.6 is 0 Å². The maximum absolute atomic E-state index is 11.7. The molecule has 0 fully saturated rings. The first-order valence-corrected chi connectivity index (χ1v) is 5.56. The van der Waals surface area contributed by atoms with Gasteiger partial charge in [-0.05, 0) is 27.3 Å². The maximum atomic E-state index is 11.7. The van der Waals surface area contributed by atoms with Crippen molar-refractivity contribution in [3.63, 3.8) is 0 Å². The summed E-state index contributed by atoms with van der Waals surface area (Å²) in [5.41, 5.74) is 5.66. The van der Waals surface area contributed by atoms with Crippen molar-refractivity contribution in [1.82, 2.24) is 9.80 Å². The van der Waals surface area contributed by atoms with E-state index in [-0.39, 0.29) is 11.4 Å². The molecular formula is C11H25N3O. The molecule has 0 aliphatic rings. The number of hydrogen-bond acceptors (Lipinski definition) is 3. The van der Waals surface area contributed by atoms with Crippen molar-refractivity contribution in [1.29, 1.82) is 0 Å². The Labute approximate surface area is 93.4 Å². The van der Waals surface area contributed by atoms with Crippen LogP contribution in [0.2, 0.25) is 0 Å². The lowest BCUT2D eigenvalue weighted by Crippen LogP contribution is -2.52. The van der Waals surface area contributed by atoms with Crippen LogP contribution in [0, 0.1) is 0 Å². The van der Waals surface area contributed by atoms with E-state index < -0.39 is 0 Å². The SMILES string of the molecule is CCN(C)C(=O)CN(C)C(C)(CC)CN. The standard InChI is InChI=1S/C11H25N3O/c1-6-11(3,9-12)14(5)8-10(15)13(4)7-2/h6-9,12H2,1-5H3. The monoisotopic (exact) mass is 215 g/mol. The lowest BCUT2D eigenvalue weighted by molar-refractivity contribution is -0.131. The van der Waals surface area contributed by atoms with Crippen LogP contribution in [0.4, 0.5) is 0 Å². The Morgan fingerprint density at radius 2 is 1.87 bits per heavy atom. The highest BCUT2D eigenvalue weighted by molar-refractivity contribution is 5.78. The van der Waals surface area contributed by atoms with Crippen LogP contribution in [0.15, 0.2) is 0 Å². The minimum absolute atomic E-state index is 0.0791. The third-order valence-electron chi connectivity index (χ3n) is 3.40. The van der Waals surface area contributed by atoms with E-state index in [0.717, 1.165) is 13.0 Å². The van der Waals surface area contributed by atoms with E-state index in [2.05, 4.69) is 13.8 Å². The number of nitrogens with zero attached hydrogens (tertiary/aromatic N) is 2. The number of rotatable bonds is 6. The molecule has 0 saturated carbocycles. The van der Waals surface area contributed by atoms with Gasteiger partial charge in [0.15, 0.2) is 0 Å². The Balaban J connectivity index is 4.34. The molecule has 0 aromatic carbocycles. The lowest BCUT2D eigenvalue weighted by Gasteiger charge is -2.37. The number of nitrogens with two attached hydrogens (primary N) is 1. The van der Waals surface area contributed by atoms with E-state index >= 15 is 0 Å². The fourth-order valence-electron chi connectivity index (χ4n) is 1.26. The summed E-state index contributed by atoms with van der Waals surface area (Å²) < 4.78 is 0. The van der Waals surface area contributed by atoms with E-state index in [4.69, 9.17) is 5.73 Å². The highest BCUT2D eigenvalue weighted by Gasteiger charge is 2.27. The molecule has 0 aliphatic heterocycles. The van der Waals surface area contributed by atoms with Crippen LogP contribution in [-0.4, -0.2) is 55.0 Å². The third-order valence-corrected chi connectivity index (χ3v) is 3.40. The normalized spacial score (nSPS) is 15.1. The van der Waals surface area contributed by atoms with E-state index in [1.54, 1.807) is 4.90 Å². The molecule has 90 valence electrons. The number of carbonyl (C=O) groups excluding carboxylic acids is 1. The molecule has 0 rings (SSSR count). The first-order chi connectivity index (χ1) is 6.91. The van der Waals surface area contributed by atoms with Crippen molar-refractivity contribution >= 4 is 5.91 Å². The fourth-order valence-corrected chi connectivity index (χ4v) is 1.26. The Morgan fingerprint density at radius 3 is 2.20 bits per heavy atom. The quantitative estimate of drug-likeness (QED) is 0.703. The van der Waals surface area contributed by atoms with Gasteiger partial charge < -0.3 is 10.6 Å². The molecule has 0 aromatic rings. The van der Waals surface area contributed by atoms with Gasteiger partial charge in [0.1, 0.15) is 0 Å². The average Bonchev–Trinajstić information content (AvgIpc) is 2.26. The molecule has 0 aliphatic carbocycles. The predicted octanol–water partition coefficient (Wildman–Crippen LogP) is 0.524. The van der Waals surface area contributed by atoms with Crippen LogP contribution in [0.25, 0.3) is 0 Å². The Kier molecular flexibility index (Phi) is 5.83. The van der Waals surface area contributed by atoms with Crippen molar-refractivity contribution in [2.75, 3.05) is 33.7 Å². The molecule has 0 radical (unpaired) electrons. The maximum Gasteiger partial charge on any atom is 0.236 e. The molecule has 4 nitrogen and oxygen atoms in total. The zero-order chi connectivity index (χ0) is 12.1. The zero-order valence-electron chi connectivity index (χ0n) is 10.7. The molecule has 0 bridgehead atoms. The highest BCUT2D eigenvalue weighted by atomic mass is 16.2. The van der Waals surface area contributed by atoms with Crippen molar-refractivity contribution in [2.45, 2.75) is 32.7 Å². The summed E-state index contributed by atoms with van der Waals surface area (Å²) in [6.07, 6.45) is 0.948. The number of amides is 1. The van der Waals surface area contributed by atoms with Gasteiger partial charge in [0.2, 0.25) is 5.91 Å². The first-order valence-electron chi connectivity index (χ1n) is 5.56. The van der Waals surface area contributed by atoms with Crippen molar-refractivity contribution in [2.24, 2.45) is 5.73 Å². The second-order valence-corrected chi connectivity index (χ2v) is 4.32. The molecule has 4 heteroatoms. The van der Waals surface area contributed by atoms with Crippen molar-refractivity contribution in [3.8, 4) is 0 Å². The van der Waals surface area contributed by atoms with E-state index in [1.807, 2.05) is 25.9 Å². The smallest absolute Gasteiger partial charge is 0.236 e. The van der Waals surface area contributed by atoms with Crippen LogP contribution in [0.1, 0.15) is 27.2 Å². The summed E-state index contributed by atoms with van der Waals surface area (Å²) in [5.74, 6) is 0.146. The number of carbonyl (C=O) groups is 1. The van der Waals surface area contributed by atoms with Gasteiger partial charge in [-0.15, -0.1) is 0 Å². The molecule has 0 saturated heterocycles. The van der Waals surface area contributed by atoms with Gasteiger partial charge in [0.25, 0.3) is 0 Å². The minimum atomic E-state index is -0.0791. The van der Waals surface area contributed by atoms with E-state index in [9.17, 15) is 4.79 Å². The fraction of sp³-hybridized carbons (Fsp3) is 0.909. The second kappa shape index (κ2) is 6.08. The zero-order valence-corrected chi connectivity index (χ0v) is 10.7. The largest absolute Gasteiger partial charge is 0.345 e. The first kappa shape index (κ1) is 14.4. The van der Waals surface area contributed by atoms with Gasteiger partial charge >= 0.3 is 0 Å². The molecule has 2 N–H and O–H groups in total. The summed E-state index contributed by atoms with van der Waals surface area (Å²) in [6, 6.07) is 0. The van der Waals surface area contributed by atoms with E-state index in [1.165, 1.54) is 0 Å². The Hall–Kier alpha value is -0.610. The topological polar surface area (TPSA) is 49.6 Å². The van der Waals surface area contributed by atoms with Crippen molar-refractivity contribution < 1.29 is 4.79 Å². The minimum Gasteiger partial charge on any atom is -0.345 e. The number of hydrogen-bond donors (Lipinski definition) is 1. The predicted molar refractivity (Wildman–Crippen MR) is 63.7 cm³/mol. The lowest BCUT2D eigenvalue weighted by atomic mass is 9.97. The second-order valence-electron chi connectivity index (χ2n) is 4.32. The van der Waals surface area contributed by atoms with Crippen LogP contribution in [-0.2, 0) is 4.79 Å². The Morgan fingerprint density at radius 1 is 1.33 bits per heavy atom. The van der Waals surface area contributed by atoms with Gasteiger partial charge in [-0.1, -0.05) is 6.92 Å². The van der Waals surface area contributed by atoms with Gasteiger partial charge in [0.05, 0.1) is 6.54 Å². The van der Waals surface area contributed by atoms with Gasteiger partial charge in [-0.3, -0.25) is 9.69 Å². The molecule has 1 unspecified atom stereocenters. The molecule has 1 amide bonds. The summed E-state index contributed by atoms with van der Waals surface area (Å²) in [7, 11) is 3.78. The third kappa shape index (κ3) is 3.80. The molecule has 0 aromatic heterocycles. The summed E-state index contributed by atoms with van der Waals surface area (Å²) >= 11 is 0. The Bertz CT molecular complexity index is 202. The molecule has 0 spiro atoms. The summed E-state index contributed by atoms with van der Waals surface area (Å²) in [5, 5.41) is 0. The van der Waals surface area contributed by atoms with E-state index in [0.29, 0.717) is 13.1 Å².